The molecule has 27 heavy (non-hydrogen) atoms. The predicted octanol–water partition coefficient (Wildman–Crippen LogP) is 3.87. The van der Waals surface area contributed by atoms with Crippen molar-refractivity contribution in [2.75, 3.05) is 18.4 Å². The average molecular weight is 387 g/mol. The molecule has 144 valence electrons. The van der Waals surface area contributed by atoms with E-state index in [2.05, 4.69) is 5.32 Å². The third-order valence-electron chi connectivity index (χ3n) is 4.99. The van der Waals surface area contributed by atoms with E-state index in [1.807, 2.05) is 32.0 Å². The van der Waals surface area contributed by atoms with Crippen molar-refractivity contribution >= 4 is 21.6 Å². The first-order valence-corrected chi connectivity index (χ1v) is 10.9. The lowest BCUT2D eigenvalue weighted by Gasteiger charge is -2.25. The number of amides is 1. The molecule has 1 amide bonds. The summed E-state index contributed by atoms with van der Waals surface area (Å²) in [6.45, 7) is 5.13. The standard InChI is InChI=1S/C21H26N2O3S/c1-16-7-6-8-17(2)20(16)22-21(24)19-11-9-18(10-12-19)15-27(25,26)23-13-4-3-5-14-23/h6-12H,3-5,13-15H2,1-2H3,(H,22,24). The lowest BCUT2D eigenvalue weighted by atomic mass is 10.1. The molecule has 1 aliphatic heterocycles. The van der Waals surface area contributed by atoms with Crippen LogP contribution in [-0.2, 0) is 15.8 Å². The molecule has 0 radical (unpaired) electrons. The number of anilines is 1. The number of hydrogen-bond acceptors (Lipinski definition) is 3. The molecule has 5 nitrogen and oxygen atoms in total. The van der Waals surface area contributed by atoms with E-state index in [4.69, 9.17) is 0 Å². The summed E-state index contributed by atoms with van der Waals surface area (Å²) in [6.07, 6.45) is 2.95. The van der Waals surface area contributed by atoms with Gasteiger partial charge in [0.2, 0.25) is 10.0 Å². The fourth-order valence-electron chi connectivity index (χ4n) is 3.39. The summed E-state index contributed by atoms with van der Waals surface area (Å²) in [7, 11) is -3.30. The van der Waals surface area contributed by atoms with Crippen molar-refractivity contribution in [2.24, 2.45) is 0 Å². The van der Waals surface area contributed by atoms with E-state index in [1.54, 1.807) is 28.6 Å². The van der Waals surface area contributed by atoms with Crippen LogP contribution in [0, 0.1) is 13.8 Å². The molecule has 1 N–H and O–H groups in total. The molecule has 0 bridgehead atoms. The highest BCUT2D eigenvalue weighted by molar-refractivity contribution is 7.88. The van der Waals surface area contributed by atoms with Gasteiger partial charge in [0.1, 0.15) is 0 Å². The summed E-state index contributed by atoms with van der Waals surface area (Å²) in [4.78, 5) is 12.5. The quantitative estimate of drug-likeness (QED) is 0.848. The third kappa shape index (κ3) is 4.76. The van der Waals surface area contributed by atoms with Crippen LogP contribution in [0.4, 0.5) is 5.69 Å². The topological polar surface area (TPSA) is 66.5 Å². The highest BCUT2D eigenvalue weighted by Crippen LogP contribution is 2.21. The second-order valence-corrected chi connectivity index (χ2v) is 9.10. The summed E-state index contributed by atoms with van der Waals surface area (Å²) < 4.78 is 26.7. The molecule has 0 aromatic heterocycles. The molecule has 0 spiro atoms. The number of benzene rings is 2. The lowest BCUT2D eigenvalue weighted by molar-refractivity contribution is 0.102. The van der Waals surface area contributed by atoms with Gasteiger partial charge in [-0.2, -0.15) is 0 Å². The maximum Gasteiger partial charge on any atom is 0.255 e. The zero-order valence-corrected chi connectivity index (χ0v) is 16.7. The minimum absolute atomic E-state index is 0.0220. The summed E-state index contributed by atoms with van der Waals surface area (Å²) in [5.41, 5.74) is 4.04. The van der Waals surface area contributed by atoms with Gasteiger partial charge in [-0.05, 0) is 55.5 Å². The summed E-state index contributed by atoms with van der Waals surface area (Å²) >= 11 is 0. The Kier molecular flexibility index (Phi) is 5.97. The van der Waals surface area contributed by atoms with Crippen LogP contribution in [0.5, 0.6) is 0 Å². The molecule has 1 heterocycles. The Morgan fingerprint density at radius 2 is 1.56 bits per heavy atom. The number of piperidine rings is 1. The van der Waals surface area contributed by atoms with Gasteiger partial charge in [0.05, 0.1) is 5.75 Å². The molecule has 2 aromatic carbocycles. The molecule has 0 aliphatic carbocycles. The van der Waals surface area contributed by atoms with Crippen molar-refractivity contribution in [3.63, 3.8) is 0 Å². The fourth-order valence-corrected chi connectivity index (χ4v) is 5.01. The second-order valence-electron chi connectivity index (χ2n) is 7.13. The van der Waals surface area contributed by atoms with Crippen LogP contribution in [0.15, 0.2) is 42.5 Å². The van der Waals surface area contributed by atoms with Gasteiger partial charge in [-0.3, -0.25) is 4.79 Å². The summed E-state index contributed by atoms with van der Waals surface area (Å²) in [6, 6.07) is 12.7. The normalized spacial score (nSPS) is 15.5. The van der Waals surface area contributed by atoms with E-state index in [-0.39, 0.29) is 11.7 Å². The predicted molar refractivity (Wildman–Crippen MR) is 108 cm³/mol. The van der Waals surface area contributed by atoms with Crippen molar-refractivity contribution in [3.05, 3.63) is 64.7 Å². The number of para-hydroxylation sites is 1. The molecule has 6 heteroatoms. The van der Waals surface area contributed by atoms with E-state index in [0.29, 0.717) is 24.2 Å². The van der Waals surface area contributed by atoms with Gasteiger partial charge >= 0.3 is 0 Å². The molecule has 0 saturated carbocycles. The molecule has 0 atom stereocenters. The minimum Gasteiger partial charge on any atom is -0.322 e. The first-order valence-electron chi connectivity index (χ1n) is 9.31. The van der Waals surface area contributed by atoms with Crippen LogP contribution < -0.4 is 5.32 Å². The van der Waals surface area contributed by atoms with E-state index in [1.165, 1.54) is 0 Å². The molecule has 1 aliphatic rings. The van der Waals surface area contributed by atoms with Gasteiger partial charge < -0.3 is 5.32 Å². The molecule has 1 saturated heterocycles. The number of aryl methyl sites for hydroxylation is 2. The highest BCUT2D eigenvalue weighted by Gasteiger charge is 2.24. The Labute approximate surface area is 161 Å². The molecule has 0 unspecified atom stereocenters. The van der Waals surface area contributed by atoms with Crippen LogP contribution in [0.25, 0.3) is 0 Å². The lowest BCUT2D eigenvalue weighted by Crippen LogP contribution is -2.36. The van der Waals surface area contributed by atoms with Crippen molar-refractivity contribution in [1.82, 2.24) is 4.31 Å². The molecular weight excluding hydrogens is 360 g/mol. The fraction of sp³-hybridized carbons (Fsp3) is 0.381. The van der Waals surface area contributed by atoms with Gasteiger partial charge in [0, 0.05) is 24.3 Å². The third-order valence-corrected chi connectivity index (χ3v) is 6.84. The number of nitrogens with zero attached hydrogens (tertiary/aromatic N) is 1. The first kappa shape index (κ1) is 19.6. The van der Waals surface area contributed by atoms with Gasteiger partial charge in [-0.25, -0.2) is 12.7 Å². The van der Waals surface area contributed by atoms with Gasteiger partial charge in [0.25, 0.3) is 5.91 Å². The van der Waals surface area contributed by atoms with Crippen LogP contribution in [-0.4, -0.2) is 31.7 Å². The maximum absolute atomic E-state index is 12.5. The summed E-state index contributed by atoms with van der Waals surface area (Å²) in [5.74, 6) is -0.218. The molecule has 1 fully saturated rings. The highest BCUT2D eigenvalue weighted by atomic mass is 32.2. The number of rotatable bonds is 5. The van der Waals surface area contributed by atoms with Crippen LogP contribution in [0.1, 0.15) is 46.3 Å². The van der Waals surface area contributed by atoms with Crippen LogP contribution in [0.3, 0.4) is 0 Å². The van der Waals surface area contributed by atoms with Crippen molar-refractivity contribution in [3.8, 4) is 0 Å². The zero-order chi connectivity index (χ0) is 19.4. The molecular formula is C21H26N2O3S. The monoisotopic (exact) mass is 386 g/mol. The smallest absolute Gasteiger partial charge is 0.255 e. The Hall–Kier alpha value is -2.18. The Morgan fingerprint density at radius 3 is 2.15 bits per heavy atom. The number of carbonyl (C=O) groups excluding carboxylic acids is 1. The van der Waals surface area contributed by atoms with E-state index < -0.39 is 10.0 Å². The van der Waals surface area contributed by atoms with E-state index >= 15 is 0 Å². The molecule has 2 aromatic rings. The number of carbonyl (C=O) groups is 1. The Balaban J connectivity index is 1.68. The Morgan fingerprint density at radius 1 is 0.963 bits per heavy atom. The largest absolute Gasteiger partial charge is 0.322 e. The number of sulfonamides is 1. The first-order chi connectivity index (χ1) is 12.9. The van der Waals surface area contributed by atoms with Crippen LogP contribution >= 0.6 is 0 Å². The van der Waals surface area contributed by atoms with Crippen molar-refractivity contribution in [2.45, 2.75) is 38.9 Å². The van der Waals surface area contributed by atoms with Crippen LogP contribution in [0.2, 0.25) is 0 Å². The number of nitrogens with one attached hydrogen (secondary N) is 1. The molecule has 3 rings (SSSR count). The zero-order valence-electron chi connectivity index (χ0n) is 15.9. The van der Waals surface area contributed by atoms with Gasteiger partial charge in [0.15, 0.2) is 0 Å². The number of hydrogen-bond donors (Lipinski definition) is 1. The second kappa shape index (κ2) is 8.23. The Bertz CT molecular complexity index is 895. The average Bonchev–Trinajstić information content (AvgIpc) is 2.66. The van der Waals surface area contributed by atoms with Gasteiger partial charge in [-0.15, -0.1) is 0 Å². The van der Waals surface area contributed by atoms with Crippen molar-refractivity contribution in [1.29, 1.82) is 0 Å². The van der Waals surface area contributed by atoms with Crippen molar-refractivity contribution < 1.29 is 13.2 Å². The van der Waals surface area contributed by atoms with Gasteiger partial charge in [-0.1, -0.05) is 36.8 Å². The minimum atomic E-state index is -3.30. The van der Waals surface area contributed by atoms with E-state index in [0.717, 1.165) is 36.1 Å². The SMILES string of the molecule is Cc1cccc(C)c1NC(=O)c1ccc(CS(=O)(=O)N2CCCCC2)cc1. The summed E-state index contributed by atoms with van der Waals surface area (Å²) in [5, 5.41) is 2.95. The maximum atomic E-state index is 12.5. The van der Waals surface area contributed by atoms with E-state index in [9.17, 15) is 13.2 Å².